The fourth-order valence-corrected chi connectivity index (χ4v) is 4.30. The molecule has 4 aromatic rings. The molecule has 2 heterocycles. The van der Waals surface area contributed by atoms with E-state index in [1.165, 1.54) is 16.9 Å². The number of halogens is 1. The number of fused-ring (bicyclic) bond motifs is 3. The first kappa shape index (κ1) is 19.4. The number of nitrogens with two attached hydrogens (primary N) is 1. The summed E-state index contributed by atoms with van der Waals surface area (Å²) < 4.78 is 0. The zero-order valence-corrected chi connectivity index (χ0v) is 16.7. The Morgan fingerprint density at radius 3 is 2.52 bits per heavy atom. The molecule has 0 saturated carbocycles. The summed E-state index contributed by atoms with van der Waals surface area (Å²) in [5, 5.41) is 17.0. The molecule has 0 unspecified atom stereocenters. The number of phenolic OH excluding ortho intramolecular Hbond substituents is 1. The van der Waals surface area contributed by atoms with E-state index in [4.69, 9.17) is 5.73 Å². The van der Waals surface area contributed by atoms with Crippen molar-refractivity contribution < 1.29 is 5.11 Å². The third-order valence-electron chi connectivity index (χ3n) is 5.04. The van der Waals surface area contributed by atoms with Crippen LogP contribution < -0.4 is 11.3 Å². The highest BCUT2D eigenvalue weighted by Crippen LogP contribution is 2.41. The van der Waals surface area contributed by atoms with Crippen LogP contribution in [0.3, 0.4) is 0 Å². The molecule has 2 aromatic heterocycles. The third kappa shape index (κ3) is 3.12. The highest BCUT2D eigenvalue weighted by molar-refractivity contribution is 7.09. The van der Waals surface area contributed by atoms with Crippen molar-refractivity contribution in [3.63, 3.8) is 0 Å². The molecule has 0 aliphatic carbocycles. The number of hydrogen-bond acceptors (Lipinski definition) is 4. The molecular formula is C21H21ClN2O2S. The molecule has 4 N–H and O–H groups in total. The van der Waals surface area contributed by atoms with E-state index in [-0.39, 0.29) is 29.6 Å². The lowest BCUT2D eigenvalue weighted by Crippen LogP contribution is -2.08. The van der Waals surface area contributed by atoms with Gasteiger partial charge in [0, 0.05) is 21.7 Å². The predicted molar refractivity (Wildman–Crippen MR) is 117 cm³/mol. The molecule has 0 saturated heterocycles. The van der Waals surface area contributed by atoms with Gasteiger partial charge < -0.3 is 15.8 Å². The molecule has 6 heteroatoms. The molecule has 0 aliphatic heterocycles. The van der Waals surface area contributed by atoms with Gasteiger partial charge in [-0.15, -0.1) is 12.4 Å². The lowest BCUT2D eigenvalue weighted by atomic mass is 9.92. The van der Waals surface area contributed by atoms with Crippen molar-refractivity contribution >= 4 is 45.4 Å². The normalized spacial score (nSPS) is 12.3. The quantitative estimate of drug-likeness (QED) is 0.457. The number of aryl methyl sites for hydroxylation is 1. The van der Waals surface area contributed by atoms with E-state index in [9.17, 15) is 9.90 Å². The van der Waals surface area contributed by atoms with Gasteiger partial charge in [-0.3, -0.25) is 4.79 Å². The molecule has 0 spiro atoms. The number of thiophene rings is 1. The van der Waals surface area contributed by atoms with E-state index in [1.807, 2.05) is 29.8 Å². The van der Waals surface area contributed by atoms with Crippen LogP contribution in [-0.4, -0.2) is 16.6 Å². The van der Waals surface area contributed by atoms with E-state index < -0.39 is 0 Å². The van der Waals surface area contributed by atoms with Crippen molar-refractivity contribution in [1.29, 1.82) is 0 Å². The highest BCUT2D eigenvalue weighted by atomic mass is 35.5. The maximum atomic E-state index is 12.4. The molecule has 2 aromatic carbocycles. The minimum absolute atomic E-state index is 0. The van der Waals surface area contributed by atoms with Crippen LogP contribution in [0.4, 0.5) is 0 Å². The minimum atomic E-state index is -0.0967. The zero-order chi connectivity index (χ0) is 18.4. The summed E-state index contributed by atoms with van der Waals surface area (Å²) in [6.07, 6.45) is 0. The highest BCUT2D eigenvalue weighted by Gasteiger charge is 2.17. The number of rotatable bonds is 3. The zero-order valence-electron chi connectivity index (χ0n) is 15.1. The Balaban J connectivity index is 0.00000210. The fraction of sp³-hybridized carbons (Fsp3) is 0.190. The molecule has 4 nitrogen and oxygen atoms in total. The van der Waals surface area contributed by atoms with Crippen LogP contribution in [0.15, 0.2) is 45.9 Å². The predicted octanol–water partition coefficient (Wildman–Crippen LogP) is 4.91. The molecule has 0 radical (unpaired) electrons. The molecule has 140 valence electrons. The van der Waals surface area contributed by atoms with Gasteiger partial charge in [0.1, 0.15) is 5.75 Å². The van der Waals surface area contributed by atoms with E-state index in [0.29, 0.717) is 11.9 Å². The van der Waals surface area contributed by atoms with Crippen LogP contribution in [0.2, 0.25) is 0 Å². The number of hydrogen-bond donors (Lipinski definition) is 3. The van der Waals surface area contributed by atoms with E-state index >= 15 is 0 Å². The van der Waals surface area contributed by atoms with Gasteiger partial charge in [-0.2, -0.15) is 11.3 Å². The first-order chi connectivity index (χ1) is 12.5. The van der Waals surface area contributed by atoms with E-state index in [0.717, 1.165) is 33.0 Å². The lowest BCUT2D eigenvalue weighted by molar-refractivity contribution is 0.477. The first-order valence-electron chi connectivity index (χ1n) is 8.56. The maximum Gasteiger partial charge on any atom is 0.257 e. The molecule has 0 aliphatic rings. The molecule has 1 atom stereocenters. The van der Waals surface area contributed by atoms with Gasteiger partial charge in [-0.1, -0.05) is 31.2 Å². The van der Waals surface area contributed by atoms with E-state index in [1.54, 1.807) is 6.07 Å². The second kappa shape index (κ2) is 7.35. The molecule has 0 fully saturated rings. The monoisotopic (exact) mass is 400 g/mol. The lowest BCUT2D eigenvalue weighted by Gasteiger charge is -2.14. The summed E-state index contributed by atoms with van der Waals surface area (Å²) in [7, 11) is 0. The summed E-state index contributed by atoms with van der Waals surface area (Å²) in [6, 6.07) is 9.83. The average molecular weight is 401 g/mol. The summed E-state index contributed by atoms with van der Waals surface area (Å²) in [5.74, 6) is 0.501. The van der Waals surface area contributed by atoms with Crippen molar-refractivity contribution in [2.24, 2.45) is 5.73 Å². The number of aromatic nitrogens is 1. The second-order valence-corrected chi connectivity index (χ2v) is 7.49. The van der Waals surface area contributed by atoms with Gasteiger partial charge >= 0.3 is 0 Å². The van der Waals surface area contributed by atoms with E-state index in [2.05, 4.69) is 24.0 Å². The molecule has 4 rings (SSSR count). The number of pyridine rings is 1. The Kier molecular flexibility index (Phi) is 5.29. The van der Waals surface area contributed by atoms with Crippen LogP contribution in [0, 0.1) is 6.92 Å². The largest absolute Gasteiger partial charge is 0.507 e. The average Bonchev–Trinajstić information content (AvgIpc) is 3.13. The maximum absolute atomic E-state index is 12.4. The van der Waals surface area contributed by atoms with Crippen molar-refractivity contribution in [1.82, 2.24) is 4.98 Å². The standard InChI is InChI=1S/C21H20N2O2S.ClH/c1-11-7-17(24)18(14-5-3-13(4-6-14)12(2)8-22)19-15-9-26-10-16(15)21(25)23-20(11)19;/h3-7,9-10,12,24H,8,22H2,1-2H3,(H,23,25);1H/t12-;/m0./s1. The van der Waals surface area contributed by atoms with Crippen molar-refractivity contribution in [2.45, 2.75) is 19.8 Å². The summed E-state index contributed by atoms with van der Waals surface area (Å²) in [6.45, 7) is 4.58. The van der Waals surface area contributed by atoms with Crippen LogP contribution in [0.5, 0.6) is 5.75 Å². The van der Waals surface area contributed by atoms with Gasteiger partial charge in [-0.05, 0) is 47.5 Å². The smallest absolute Gasteiger partial charge is 0.257 e. The number of benzene rings is 2. The Hall–Kier alpha value is -2.34. The fourth-order valence-electron chi connectivity index (χ4n) is 3.48. The third-order valence-corrected chi connectivity index (χ3v) is 5.78. The number of H-pyrrole nitrogens is 1. The van der Waals surface area contributed by atoms with Crippen LogP contribution >= 0.6 is 23.7 Å². The van der Waals surface area contributed by atoms with Gasteiger partial charge in [0.25, 0.3) is 5.56 Å². The first-order valence-corrected chi connectivity index (χ1v) is 9.50. The minimum Gasteiger partial charge on any atom is -0.507 e. The summed E-state index contributed by atoms with van der Waals surface area (Å²) in [5.41, 5.74) is 10.1. The van der Waals surface area contributed by atoms with Gasteiger partial charge in [-0.25, -0.2) is 0 Å². The van der Waals surface area contributed by atoms with Crippen LogP contribution in [0.1, 0.15) is 24.0 Å². The van der Waals surface area contributed by atoms with Crippen LogP contribution in [0.25, 0.3) is 32.8 Å². The van der Waals surface area contributed by atoms with Crippen molar-refractivity contribution in [3.05, 3.63) is 62.6 Å². The topological polar surface area (TPSA) is 79.1 Å². The Bertz CT molecular complexity index is 1180. The Morgan fingerprint density at radius 2 is 1.85 bits per heavy atom. The van der Waals surface area contributed by atoms with Crippen LogP contribution in [-0.2, 0) is 0 Å². The van der Waals surface area contributed by atoms with Crippen molar-refractivity contribution in [3.8, 4) is 16.9 Å². The number of nitrogens with one attached hydrogen (secondary N) is 1. The SMILES string of the molecule is Cc1cc(O)c(-c2ccc([C@@H](C)CN)cc2)c2c1[nH]c(=O)c1cscc12.Cl. The molecule has 27 heavy (non-hydrogen) atoms. The van der Waals surface area contributed by atoms with Gasteiger partial charge in [0.15, 0.2) is 0 Å². The summed E-state index contributed by atoms with van der Waals surface area (Å²) in [4.78, 5) is 15.4. The summed E-state index contributed by atoms with van der Waals surface area (Å²) >= 11 is 1.49. The number of phenols is 1. The Morgan fingerprint density at radius 1 is 1.19 bits per heavy atom. The molecule has 0 amide bonds. The Labute approximate surface area is 167 Å². The second-order valence-electron chi connectivity index (χ2n) is 6.75. The van der Waals surface area contributed by atoms with Gasteiger partial charge in [0.2, 0.25) is 0 Å². The molecular weight excluding hydrogens is 380 g/mol. The molecule has 0 bridgehead atoms. The number of aromatic amines is 1. The van der Waals surface area contributed by atoms with Crippen molar-refractivity contribution in [2.75, 3.05) is 6.54 Å². The van der Waals surface area contributed by atoms with Gasteiger partial charge in [0.05, 0.1) is 10.9 Å². The number of aromatic hydroxyl groups is 1.